The molecule has 0 bridgehead atoms. The van der Waals surface area contributed by atoms with E-state index in [-0.39, 0.29) is 17.5 Å². The second kappa shape index (κ2) is 9.09. The zero-order chi connectivity index (χ0) is 24.5. The van der Waals surface area contributed by atoms with Crippen LogP contribution < -0.4 is 19.6 Å². The van der Waals surface area contributed by atoms with Crippen LogP contribution in [0.1, 0.15) is 11.3 Å². The lowest BCUT2D eigenvalue weighted by molar-refractivity contribution is 0.323. The summed E-state index contributed by atoms with van der Waals surface area (Å²) in [7, 11) is 4.68. The molecule has 0 N–H and O–H groups in total. The topological polar surface area (TPSA) is 80.4 Å². The van der Waals surface area contributed by atoms with Crippen molar-refractivity contribution < 1.29 is 18.6 Å². The highest BCUT2D eigenvalue weighted by Crippen LogP contribution is 2.38. The van der Waals surface area contributed by atoms with Crippen LogP contribution in [0.15, 0.2) is 65.6 Å². The van der Waals surface area contributed by atoms with Crippen LogP contribution in [0.5, 0.6) is 17.2 Å². The van der Waals surface area contributed by atoms with Crippen molar-refractivity contribution in [3.8, 4) is 17.2 Å². The number of methoxy groups -OCH3 is 3. The number of fused-ring (bicyclic) bond motifs is 2. The summed E-state index contributed by atoms with van der Waals surface area (Å²) in [4.78, 5) is 13.0. The van der Waals surface area contributed by atoms with Crippen molar-refractivity contribution in [1.29, 1.82) is 0 Å². The van der Waals surface area contributed by atoms with Crippen LogP contribution in [0.2, 0.25) is 0 Å². The summed E-state index contributed by atoms with van der Waals surface area (Å²) in [6.45, 7) is 0.650. The molecule has 5 aromatic rings. The third-order valence-electron chi connectivity index (χ3n) is 5.92. The number of nitrogens with zero attached hydrogens (tertiary/aromatic N) is 4. The van der Waals surface area contributed by atoms with E-state index in [4.69, 9.17) is 14.2 Å². The Labute approximate surface area is 200 Å². The predicted molar refractivity (Wildman–Crippen MR) is 130 cm³/mol. The van der Waals surface area contributed by atoms with Crippen molar-refractivity contribution in [3.05, 3.63) is 88.1 Å². The van der Waals surface area contributed by atoms with Gasteiger partial charge in [-0.1, -0.05) is 23.4 Å². The van der Waals surface area contributed by atoms with Crippen LogP contribution >= 0.6 is 0 Å². The van der Waals surface area contributed by atoms with E-state index in [0.717, 1.165) is 5.56 Å². The quantitative estimate of drug-likeness (QED) is 0.332. The number of hydrogen-bond acceptors (Lipinski definition) is 6. The molecular formula is C26H23FN4O4. The van der Waals surface area contributed by atoms with E-state index >= 15 is 0 Å². The summed E-state index contributed by atoms with van der Waals surface area (Å²) in [6, 6.07) is 15.4. The number of para-hydroxylation sites is 2. The molecule has 2 heterocycles. The summed E-state index contributed by atoms with van der Waals surface area (Å²) in [5.74, 6) is 1.14. The van der Waals surface area contributed by atoms with E-state index in [2.05, 4.69) is 10.3 Å². The van der Waals surface area contributed by atoms with Gasteiger partial charge in [-0.15, -0.1) is 5.10 Å². The molecule has 0 aliphatic heterocycles. The molecule has 3 aromatic carbocycles. The first-order valence-corrected chi connectivity index (χ1v) is 10.9. The maximum Gasteiger partial charge on any atom is 0.203 e. The van der Waals surface area contributed by atoms with Gasteiger partial charge in [0.2, 0.25) is 5.75 Å². The highest BCUT2D eigenvalue weighted by Gasteiger charge is 2.16. The Hall–Kier alpha value is -4.40. The molecule has 8 nitrogen and oxygen atoms in total. The first-order valence-electron chi connectivity index (χ1n) is 10.9. The third kappa shape index (κ3) is 3.95. The Morgan fingerprint density at radius 1 is 0.886 bits per heavy atom. The standard InChI is InChI=1S/C26H23FN4O4/c1-33-22-11-16(12-23(34-2)26(22)35-3)13-30-14-17(28-29-30)15-31-21-10-5-4-7-18(21)25(32)19-8-6-9-20(27)24(19)31/h4-12,14H,13,15H2,1-3H3. The monoisotopic (exact) mass is 474 g/mol. The van der Waals surface area contributed by atoms with E-state index in [1.807, 2.05) is 24.3 Å². The fraction of sp³-hybridized carbons (Fsp3) is 0.192. The minimum Gasteiger partial charge on any atom is -0.493 e. The van der Waals surface area contributed by atoms with Crippen molar-refractivity contribution in [3.63, 3.8) is 0 Å². The summed E-state index contributed by atoms with van der Waals surface area (Å²) >= 11 is 0. The molecule has 0 atom stereocenters. The van der Waals surface area contributed by atoms with Gasteiger partial charge in [-0.3, -0.25) is 4.79 Å². The number of rotatable bonds is 7. The second-order valence-electron chi connectivity index (χ2n) is 8.01. The van der Waals surface area contributed by atoms with E-state index in [0.29, 0.717) is 45.8 Å². The summed E-state index contributed by atoms with van der Waals surface area (Å²) in [5, 5.41) is 9.39. The van der Waals surface area contributed by atoms with E-state index < -0.39 is 5.82 Å². The van der Waals surface area contributed by atoms with Crippen molar-refractivity contribution in [1.82, 2.24) is 19.6 Å². The van der Waals surface area contributed by atoms with Crippen LogP contribution in [0.25, 0.3) is 21.8 Å². The zero-order valence-electron chi connectivity index (χ0n) is 19.5. The molecule has 0 fully saturated rings. The molecule has 0 spiro atoms. The molecule has 0 radical (unpaired) electrons. The molecule has 0 unspecified atom stereocenters. The predicted octanol–water partition coefficient (Wildman–Crippen LogP) is 4.01. The fourth-order valence-corrected chi connectivity index (χ4v) is 4.37. The Morgan fingerprint density at radius 2 is 1.60 bits per heavy atom. The molecule has 0 aliphatic rings. The van der Waals surface area contributed by atoms with Crippen LogP contribution in [-0.2, 0) is 13.1 Å². The van der Waals surface area contributed by atoms with Crippen LogP contribution in [-0.4, -0.2) is 40.9 Å². The Balaban J connectivity index is 1.53. The van der Waals surface area contributed by atoms with E-state index in [1.165, 1.54) is 6.07 Å². The summed E-state index contributed by atoms with van der Waals surface area (Å²) < 4.78 is 34.6. The van der Waals surface area contributed by atoms with Crippen molar-refractivity contribution >= 4 is 21.8 Å². The molecule has 2 aromatic heterocycles. The van der Waals surface area contributed by atoms with Crippen molar-refractivity contribution in [2.24, 2.45) is 0 Å². The van der Waals surface area contributed by atoms with Crippen molar-refractivity contribution in [2.75, 3.05) is 21.3 Å². The van der Waals surface area contributed by atoms with Gasteiger partial charge in [0.15, 0.2) is 16.9 Å². The molecular weight excluding hydrogens is 451 g/mol. The molecule has 0 aliphatic carbocycles. The Kier molecular flexibility index (Phi) is 5.82. The van der Waals surface area contributed by atoms with Gasteiger partial charge in [-0.2, -0.15) is 0 Å². The highest BCUT2D eigenvalue weighted by atomic mass is 19.1. The van der Waals surface area contributed by atoms with Gasteiger partial charge in [0.05, 0.1) is 51.6 Å². The van der Waals surface area contributed by atoms with Crippen LogP contribution in [0, 0.1) is 5.82 Å². The van der Waals surface area contributed by atoms with E-state index in [9.17, 15) is 9.18 Å². The van der Waals surface area contributed by atoms with Crippen LogP contribution in [0.4, 0.5) is 4.39 Å². The molecule has 9 heteroatoms. The smallest absolute Gasteiger partial charge is 0.203 e. The van der Waals surface area contributed by atoms with Gasteiger partial charge < -0.3 is 18.8 Å². The number of pyridine rings is 1. The lowest BCUT2D eigenvalue weighted by atomic mass is 10.1. The van der Waals surface area contributed by atoms with Crippen molar-refractivity contribution in [2.45, 2.75) is 13.1 Å². The number of halogens is 1. The summed E-state index contributed by atoms with van der Waals surface area (Å²) in [5.41, 5.74) is 2.18. The SMILES string of the molecule is COc1cc(Cn2cc(Cn3c4ccccc4c(=O)c4cccc(F)c43)nn2)cc(OC)c1OC. The number of aromatic nitrogens is 4. The number of hydrogen-bond donors (Lipinski definition) is 0. The normalized spacial score (nSPS) is 11.2. The summed E-state index contributed by atoms with van der Waals surface area (Å²) in [6.07, 6.45) is 1.79. The zero-order valence-corrected chi connectivity index (χ0v) is 19.5. The fourth-order valence-electron chi connectivity index (χ4n) is 4.37. The van der Waals surface area contributed by atoms with Gasteiger partial charge in [0.25, 0.3) is 0 Å². The second-order valence-corrected chi connectivity index (χ2v) is 8.01. The molecule has 0 amide bonds. The Morgan fingerprint density at radius 3 is 2.31 bits per heavy atom. The molecule has 5 rings (SSSR count). The average molecular weight is 474 g/mol. The van der Waals surface area contributed by atoms with E-state index in [1.54, 1.807) is 61.0 Å². The Bertz CT molecular complexity index is 1580. The van der Waals surface area contributed by atoms with Gasteiger partial charge in [0, 0.05) is 10.8 Å². The lowest BCUT2D eigenvalue weighted by Gasteiger charge is -2.14. The van der Waals surface area contributed by atoms with Gasteiger partial charge in [-0.25, -0.2) is 9.07 Å². The maximum absolute atomic E-state index is 14.9. The number of benzene rings is 3. The minimum absolute atomic E-state index is 0.197. The third-order valence-corrected chi connectivity index (χ3v) is 5.92. The average Bonchev–Trinajstić information content (AvgIpc) is 3.32. The molecule has 0 saturated carbocycles. The first kappa shape index (κ1) is 22.4. The van der Waals surface area contributed by atoms with Gasteiger partial charge in [0.1, 0.15) is 11.5 Å². The first-order chi connectivity index (χ1) is 17.0. The minimum atomic E-state index is -0.463. The lowest BCUT2D eigenvalue weighted by Crippen LogP contribution is -2.13. The largest absolute Gasteiger partial charge is 0.493 e. The molecule has 35 heavy (non-hydrogen) atoms. The number of ether oxygens (including phenoxy) is 3. The van der Waals surface area contributed by atoms with Gasteiger partial charge >= 0.3 is 0 Å². The molecule has 178 valence electrons. The maximum atomic E-state index is 14.9. The molecule has 0 saturated heterocycles. The van der Waals surface area contributed by atoms with Crippen LogP contribution in [0.3, 0.4) is 0 Å². The van der Waals surface area contributed by atoms with Gasteiger partial charge in [-0.05, 0) is 42.0 Å². The highest BCUT2D eigenvalue weighted by molar-refractivity contribution is 5.93.